The number of benzene rings is 1. The van der Waals surface area contributed by atoms with Crippen molar-refractivity contribution in [2.45, 2.75) is 13.5 Å². The number of fused-ring (bicyclic) bond motifs is 1. The Morgan fingerprint density at radius 2 is 2.00 bits per heavy atom. The molecule has 0 saturated carbocycles. The zero-order valence-corrected chi connectivity index (χ0v) is 16.8. The third-order valence-corrected chi connectivity index (χ3v) is 5.29. The fourth-order valence-electron chi connectivity index (χ4n) is 2.84. The lowest BCUT2D eigenvalue weighted by Crippen LogP contribution is -2.18. The molecule has 2 N–H and O–H groups in total. The van der Waals surface area contributed by atoms with Crippen LogP contribution in [0.15, 0.2) is 29.1 Å². The molecule has 28 heavy (non-hydrogen) atoms. The minimum atomic E-state index is -0.546. The maximum Gasteiger partial charge on any atom is 0.339 e. The first-order valence-corrected chi connectivity index (χ1v) is 9.29. The van der Waals surface area contributed by atoms with Gasteiger partial charge in [0.05, 0.1) is 35.2 Å². The quantitative estimate of drug-likeness (QED) is 0.637. The maximum atomic E-state index is 12.8. The summed E-state index contributed by atoms with van der Waals surface area (Å²) in [6, 6.07) is 6.58. The van der Waals surface area contributed by atoms with E-state index in [2.05, 4.69) is 15.3 Å². The number of rotatable bonds is 5. The van der Waals surface area contributed by atoms with Crippen LogP contribution < -0.4 is 10.9 Å². The van der Waals surface area contributed by atoms with Crippen LogP contribution >= 0.6 is 11.3 Å². The molecule has 0 aliphatic rings. The molecule has 0 aliphatic carbocycles. The number of aromatic amines is 1. The van der Waals surface area contributed by atoms with E-state index in [0.717, 1.165) is 11.3 Å². The molecule has 3 aromatic rings. The van der Waals surface area contributed by atoms with Crippen molar-refractivity contribution in [3.63, 3.8) is 0 Å². The lowest BCUT2D eigenvalue weighted by Gasteiger charge is -2.09. The SMILES string of the molecule is COC(=O)c1ccccc1NC(=O)c1sc2nc(CN(C)C)[nH]c(=O)c2c1C. The smallest absolute Gasteiger partial charge is 0.339 e. The van der Waals surface area contributed by atoms with Gasteiger partial charge in [0.2, 0.25) is 0 Å². The lowest BCUT2D eigenvalue weighted by atomic mass is 10.1. The number of esters is 1. The number of amides is 1. The summed E-state index contributed by atoms with van der Waals surface area (Å²) in [4.78, 5) is 47.2. The summed E-state index contributed by atoms with van der Waals surface area (Å²) in [5.74, 6) is -0.424. The van der Waals surface area contributed by atoms with Gasteiger partial charge in [-0.2, -0.15) is 0 Å². The third-order valence-electron chi connectivity index (χ3n) is 4.10. The molecule has 0 radical (unpaired) electrons. The van der Waals surface area contributed by atoms with Crippen LogP contribution in [0.3, 0.4) is 0 Å². The lowest BCUT2D eigenvalue weighted by molar-refractivity contribution is 0.0602. The van der Waals surface area contributed by atoms with Gasteiger partial charge in [-0.1, -0.05) is 12.1 Å². The summed E-state index contributed by atoms with van der Waals surface area (Å²) in [6.45, 7) is 2.19. The molecule has 2 heterocycles. The first-order chi connectivity index (χ1) is 13.3. The highest BCUT2D eigenvalue weighted by Gasteiger charge is 2.21. The first-order valence-electron chi connectivity index (χ1n) is 8.47. The minimum absolute atomic E-state index is 0.251. The van der Waals surface area contributed by atoms with Crippen LogP contribution in [-0.2, 0) is 11.3 Å². The Morgan fingerprint density at radius 1 is 1.29 bits per heavy atom. The number of carbonyl (C=O) groups is 2. The van der Waals surface area contributed by atoms with Gasteiger partial charge in [-0.3, -0.25) is 9.59 Å². The molecular weight excluding hydrogens is 380 g/mol. The number of thiophene rings is 1. The average Bonchev–Trinajstić information content (AvgIpc) is 2.98. The van der Waals surface area contributed by atoms with Crippen molar-refractivity contribution in [2.75, 3.05) is 26.5 Å². The first kappa shape index (κ1) is 19.7. The van der Waals surface area contributed by atoms with Crippen LogP contribution in [0.2, 0.25) is 0 Å². The maximum absolute atomic E-state index is 12.8. The highest BCUT2D eigenvalue weighted by Crippen LogP contribution is 2.28. The van der Waals surface area contributed by atoms with Crippen molar-refractivity contribution in [3.8, 4) is 0 Å². The standard InChI is InChI=1S/C19H20N4O4S/c1-10-14-16(24)21-13(9-23(2)3)22-18(14)28-15(10)17(25)20-12-8-6-5-7-11(12)19(26)27-4/h5-8H,9H2,1-4H3,(H,20,25)(H,21,22,24). The second kappa shape index (κ2) is 7.91. The van der Waals surface area contributed by atoms with E-state index in [1.807, 2.05) is 19.0 Å². The number of para-hydroxylation sites is 1. The fourth-order valence-corrected chi connectivity index (χ4v) is 3.93. The van der Waals surface area contributed by atoms with E-state index < -0.39 is 11.9 Å². The predicted molar refractivity (Wildman–Crippen MR) is 108 cm³/mol. The molecule has 2 aromatic heterocycles. The average molecular weight is 400 g/mol. The second-order valence-corrected chi connectivity index (χ2v) is 7.48. The molecule has 1 aromatic carbocycles. The number of nitrogens with zero attached hydrogens (tertiary/aromatic N) is 2. The van der Waals surface area contributed by atoms with Crippen molar-refractivity contribution in [3.05, 3.63) is 56.4 Å². The number of anilines is 1. The zero-order valence-electron chi connectivity index (χ0n) is 16.0. The Morgan fingerprint density at radius 3 is 2.68 bits per heavy atom. The number of methoxy groups -OCH3 is 1. The molecule has 0 bridgehead atoms. The highest BCUT2D eigenvalue weighted by molar-refractivity contribution is 7.20. The third kappa shape index (κ3) is 3.80. The van der Waals surface area contributed by atoms with Crippen molar-refractivity contribution in [1.29, 1.82) is 0 Å². The van der Waals surface area contributed by atoms with Gasteiger partial charge in [-0.25, -0.2) is 9.78 Å². The van der Waals surface area contributed by atoms with Gasteiger partial charge in [-0.15, -0.1) is 11.3 Å². The normalized spacial score (nSPS) is 11.0. The van der Waals surface area contributed by atoms with Gasteiger partial charge in [0.1, 0.15) is 10.7 Å². The van der Waals surface area contributed by atoms with E-state index >= 15 is 0 Å². The molecule has 8 nitrogen and oxygen atoms in total. The van der Waals surface area contributed by atoms with E-state index in [-0.39, 0.29) is 11.1 Å². The minimum Gasteiger partial charge on any atom is -0.465 e. The Hall–Kier alpha value is -3.04. The number of ether oxygens (including phenoxy) is 1. The van der Waals surface area contributed by atoms with Gasteiger partial charge in [-0.05, 0) is 38.7 Å². The molecule has 3 rings (SSSR count). The van der Waals surface area contributed by atoms with E-state index in [9.17, 15) is 14.4 Å². The summed E-state index contributed by atoms with van der Waals surface area (Å²) in [7, 11) is 5.03. The molecule has 0 fully saturated rings. The second-order valence-electron chi connectivity index (χ2n) is 6.48. The Balaban J connectivity index is 1.99. The van der Waals surface area contributed by atoms with Crippen LogP contribution in [-0.4, -0.2) is 47.9 Å². The summed E-state index contributed by atoms with van der Waals surface area (Å²) in [5, 5.41) is 3.13. The van der Waals surface area contributed by atoms with Crippen molar-refractivity contribution >= 4 is 39.1 Å². The zero-order chi connectivity index (χ0) is 20.4. The van der Waals surface area contributed by atoms with Crippen molar-refractivity contribution < 1.29 is 14.3 Å². The summed E-state index contributed by atoms with van der Waals surface area (Å²) >= 11 is 1.15. The van der Waals surface area contributed by atoms with E-state index in [4.69, 9.17) is 4.74 Å². The number of aromatic nitrogens is 2. The van der Waals surface area contributed by atoms with Gasteiger partial charge >= 0.3 is 5.97 Å². The highest BCUT2D eigenvalue weighted by atomic mass is 32.1. The Bertz CT molecular complexity index is 1120. The number of aryl methyl sites for hydroxylation is 1. The van der Waals surface area contributed by atoms with Crippen LogP contribution in [0.4, 0.5) is 5.69 Å². The summed E-state index contributed by atoms with van der Waals surface area (Å²) < 4.78 is 4.75. The summed E-state index contributed by atoms with van der Waals surface area (Å²) in [6.07, 6.45) is 0. The molecule has 0 aliphatic heterocycles. The van der Waals surface area contributed by atoms with Crippen molar-refractivity contribution in [1.82, 2.24) is 14.9 Å². The van der Waals surface area contributed by atoms with Crippen molar-refractivity contribution in [2.24, 2.45) is 0 Å². The molecule has 0 atom stereocenters. The largest absolute Gasteiger partial charge is 0.465 e. The molecular formula is C19H20N4O4S. The van der Waals surface area contributed by atoms with E-state index in [0.29, 0.717) is 38.7 Å². The summed E-state index contributed by atoms with van der Waals surface area (Å²) in [5.41, 5.74) is 0.871. The Labute approximate surface area is 165 Å². The molecule has 9 heteroatoms. The van der Waals surface area contributed by atoms with Crippen LogP contribution in [0.5, 0.6) is 0 Å². The van der Waals surface area contributed by atoms with Gasteiger partial charge in [0.25, 0.3) is 11.5 Å². The number of hydrogen-bond donors (Lipinski definition) is 2. The molecule has 146 valence electrons. The molecule has 1 amide bonds. The number of nitrogens with one attached hydrogen (secondary N) is 2. The fraction of sp³-hybridized carbons (Fsp3) is 0.263. The van der Waals surface area contributed by atoms with Crippen LogP contribution in [0.25, 0.3) is 10.2 Å². The molecule has 0 unspecified atom stereocenters. The van der Waals surface area contributed by atoms with Gasteiger partial charge in [0.15, 0.2) is 0 Å². The number of carbonyl (C=O) groups excluding carboxylic acids is 2. The van der Waals surface area contributed by atoms with E-state index in [1.165, 1.54) is 7.11 Å². The number of hydrogen-bond acceptors (Lipinski definition) is 7. The monoisotopic (exact) mass is 400 g/mol. The number of H-pyrrole nitrogens is 1. The van der Waals surface area contributed by atoms with Gasteiger partial charge in [0, 0.05) is 0 Å². The van der Waals surface area contributed by atoms with Crippen LogP contribution in [0.1, 0.15) is 31.4 Å². The topological polar surface area (TPSA) is 104 Å². The van der Waals surface area contributed by atoms with Gasteiger partial charge < -0.3 is 19.9 Å². The Kier molecular flexibility index (Phi) is 5.57. The predicted octanol–water partition coefficient (Wildman–Crippen LogP) is 2.39. The molecule has 0 spiro atoms. The van der Waals surface area contributed by atoms with Crippen LogP contribution in [0, 0.1) is 6.92 Å². The van der Waals surface area contributed by atoms with E-state index in [1.54, 1.807) is 31.2 Å². The molecule has 0 saturated heterocycles.